The number of hydrogen-bond donors (Lipinski definition) is 2. The molecule has 3 rings (SSSR count). The Hall–Kier alpha value is -2.27. The molecule has 1 unspecified atom stereocenters. The SMILES string of the molecule is CC(CC(=O)Nc1ccc2c(c1)NC(=O)CS2)c1ccccc1. The highest BCUT2D eigenvalue weighted by Crippen LogP contribution is 2.33. The number of anilines is 2. The fourth-order valence-electron chi connectivity index (χ4n) is 2.55. The molecule has 23 heavy (non-hydrogen) atoms. The lowest BCUT2D eigenvalue weighted by Gasteiger charge is -2.17. The van der Waals surface area contributed by atoms with Gasteiger partial charge in [-0.3, -0.25) is 9.59 Å². The second-order valence-corrected chi connectivity index (χ2v) is 6.63. The Morgan fingerprint density at radius 2 is 2.04 bits per heavy atom. The van der Waals surface area contributed by atoms with Crippen molar-refractivity contribution in [3.8, 4) is 0 Å². The minimum absolute atomic E-state index is 0.0105. The zero-order chi connectivity index (χ0) is 16.2. The van der Waals surface area contributed by atoms with Crippen LogP contribution < -0.4 is 10.6 Å². The Balaban J connectivity index is 1.64. The van der Waals surface area contributed by atoms with Crippen molar-refractivity contribution in [2.24, 2.45) is 0 Å². The van der Waals surface area contributed by atoms with Crippen LogP contribution in [0.2, 0.25) is 0 Å². The van der Waals surface area contributed by atoms with Crippen molar-refractivity contribution in [2.45, 2.75) is 24.2 Å². The van der Waals surface area contributed by atoms with Gasteiger partial charge in [0.1, 0.15) is 0 Å². The van der Waals surface area contributed by atoms with E-state index in [-0.39, 0.29) is 17.7 Å². The molecule has 2 aromatic rings. The van der Waals surface area contributed by atoms with Gasteiger partial charge < -0.3 is 10.6 Å². The Morgan fingerprint density at radius 3 is 2.83 bits per heavy atom. The zero-order valence-electron chi connectivity index (χ0n) is 12.8. The van der Waals surface area contributed by atoms with E-state index in [4.69, 9.17) is 0 Å². The van der Waals surface area contributed by atoms with Crippen LogP contribution in [0, 0.1) is 0 Å². The molecule has 2 amide bonds. The second-order valence-electron chi connectivity index (χ2n) is 5.61. The average molecular weight is 326 g/mol. The lowest BCUT2D eigenvalue weighted by Crippen LogP contribution is -2.19. The Labute approximate surface area is 139 Å². The largest absolute Gasteiger partial charge is 0.326 e. The molecular weight excluding hydrogens is 308 g/mol. The van der Waals surface area contributed by atoms with Crippen LogP contribution in [-0.4, -0.2) is 17.6 Å². The third-order valence-electron chi connectivity index (χ3n) is 3.76. The number of fused-ring (bicyclic) bond motifs is 1. The molecule has 5 heteroatoms. The summed E-state index contributed by atoms with van der Waals surface area (Å²) in [5.74, 6) is 0.552. The highest BCUT2D eigenvalue weighted by Gasteiger charge is 2.16. The molecule has 4 nitrogen and oxygen atoms in total. The van der Waals surface area contributed by atoms with Gasteiger partial charge in [-0.2, -0.15) is 0 Å². The van der Waals surface area contributed by atoms with E-state index >= 15 is 0 Å². The normalized spacial score (nSPS) is 14.6. The summed E-state index contributed by atoms with van der Waals surface area (Å²) in [6.07, 6.45) is 0.419. The standard InChI is InChI=1S/C18H18N2O2S/c1-12(13-5-3-2-4-6-13)9-17(21)19-14-7-8-16-15(10-14)20-18(22)11-23-16/h2-8,10,12H,9,11H2,1H3,(H,19,21)(H,20,22). The highest BCUT2D eigenvalue weighted by atomic mass is 32.2. The third kappa shape index (κ3) is 3.93. The van der Waals surface area contributed by atoms with Gasteiger partial charge in [0.05, 0.1) is 11.4 Å². The first-order chi connectivity index (χ1) is 11.1. The summed E-state index contributed by atoms with van der Waals surface area (Å²) in [5, 5.41) is 5.74. The summed E-state index contributed by atoms with van der Waals surface area (Å²) in [7, 11) is 0. The number of carbonyl (C=O) groups excluding carboxylic acids is 2. The quantitative estimate of drug-likeness (QED) is 0.897. The van der Waals surface area contributed by atoms with Crippen molar-refractivity contribution < 1.29 is 9.59 Å². The molecule has 0 spiro atoms. The summed E-state index contributed by atoms with van der Waals surface area (Å²) >= 11 is 1.51. The Bertz CT molecular complexity index is 731. The molecule has 118 valence electrons. The molecule has 1 atom stereocenters. The maximum absolute atomic E-state index is 12.2. The van der Waals surface area contributed by atoms with Gasteiger partial charge in [0, 0.05) is 17.0 Å². The molecule has 2 N–H and O–H groups in total. The van der Waals surface area contributed by atoms with Gasteiger partial charge in [-0.05, 0) is 29.7 Å². The van der Waals surface area contributed by atoms with E-state index < -0.39 is 0 Å². The van der Waals surface area contributed by atoms with Gasteiger partial charge in [-0.15, -0.1) is 11.8 Å². The van der Waals surface area contributed by atoms with Crippen molar-refractivity contribution in [3.63, 3.8) is 0 Å². The summed E-state index contributed by atoms with van der Waals surface area (Å²) in [5.41, 5.74) is 2.62. The van der Waals surface area contributed by atoms with Crippen LogP contribution in [0.3, 0.4) is 0 Å². The van der Waals surface area contributed by atoms with E-state index in [2.05, 4.69) is 10.6 Å². The van der Waals surface area contributed by atoms with Gasteiger partial charge in [-0.25, -0.2) is 0 Å². The number of rotatable bonds is 4. The number of carbonyl (C=O) groups is 2. The molecule has 1 aliphatic heterocycles. The van der Waals surface area contributed by atoms with Crippen LogP contribution in [0.1, 0.15) is 24.8 Å². The summed E-state index contributed by atoms with van der Waals surface area (Å²) in [4.78, 5) is 24.7. The van der Waals surface area contributed by atoms with E-state index in [1.807, 2.05) is 55.5 Å². The summed E-state index contributed by atoms with van der Waals surface area (Å²) in [6, 6.07) is 15.6. The summed E-state index contributed by atoms with van der Waals surface area (Å²) < 4.78 is 0. The molecule has 0 saturated heterocycles. The number of benzene rings is 2. The molecule has 0 saturated carbocycles. The molecule has 0 bridgehead atoms. The van der Waals surface area contributed by atoms with Crippen molar-refractivity contribution >= 4 is 35.0 Å². The number of thioether (sulfide) groups is 1. The zero-order valence-corrected chi connectivity index (χ0v) is 13.7. The second kappa shape index (κ2) is 6.87. The van der Waals surface area contributed by atoms with Crippen molar-refractivity contribution in [2.75, 3.05) is 16.4 Å². The average Bonchev–Trinajstić information content (AvgIpc) is 2.55. The molecule has 0 aromatic heterocycles. The lowest BCUT2D eigenvalue weighted by atomic mass is 9.97. The lowest BCUT2D eigenvalue weighted by molar-refractivity contribution is -0.116. The minimum Gasteiger partial charge on any atom is -0.326 e. The first-order valence-corrected chi connectivity index (χ1v) is 8.52. The number of amides is 2. The van der Waals surface area contributed by atoms with Crippen molar-refractivity contribution in [1.29, 1.82) is 0 Å². The molecule has 0 aliphatic carbocycles. The predicted octanol–water partition coefficient (Wildman–Crippen LogP) is 3.86. The first kappa shape index (κ1) is 15.6. The molecule has 1 aliphatic rings. The van der Waals surface area contributed by atoms with E-state index in [0.29, 0.717) is 17.9 Å². The minimum atomic E-state index is -0.0314. The Kier molecular flexibility index (Phi) is 4.67. The molecular formula is C18H18N2O2S. The van der Waals surface area contributed by atoms with E-state index in [0.717, 1.165) is 16.1 Å². The maximum Gasteiger partial charge on any atom is 0.234 e. The monoisotopic (exact) mass is 326 g/mol. The predicted molar refractivity (Wildman–Crippen MR) is 93.9 cm³/mol. The summed E-state index contributed by atoms with van der Waals surface area (Å²) in [6.45, 7) is 2.04. The van der Waals surface area contributed by atoms with Crippen LogP contribution in [0.5, 0.6) is 0 Å². The molecule has 0 radical (unpaired) electrons. The van der Waals surface area contributed by atoms with Gasteiger partial charge in [0.2, 0.25) is 11.8 Å². The van der Waals surface area contributed by atoms with Crippen LogP contribution in [0.4, 0.5) is 11.4 Å². The number of nitrogens with one attached hydrogen (secondary N) is 2. The third-order valence-corrected chi connectivity index (χ3v) is 4.83. The van der Waals surface area contributed by atoms with E-state index in [1.54, 1.807) is 0 Å². The van der Waals surface area contributed by atoms with Gasteiger partial charge in [-0.1, -0.05) is 37.3 Å². The fraction of sp³-hybridized carbons (Fsp3) is 0.222. The fourth-order valence-corrected chi connectivity index (χ4v) is 3.34. The van der Waals surface area contributed by atoms with E-state index in [1.165, 1.54) is 11.8 Å². The van der Waals surface area contributed by atoms with E-state index in [9.17, 15) is 9.59 Å². The highest BCUT2D eigenvalue weighted by molar-refractivity contribution is 8.00. The van der Waals surface area contributed by atoms with Gasteiger partial charge >= 0.3 is 0 Å². The smallest absolute Gasteiger partial charge is 0.234 e. The van der Waals surface area contributed by atoms with Crippen LogP contribution >= 0.6 is 11.8 Å². The number of hydrogen-bond acceptors (Lipinski definition) is 3. The first-order valence-electron chi connectivity index (χ1n) is 7.53. The topological polar surface area (TPSA) is 58.2 Å². The molecule has 0 fully saturated rings. The maximum atomic E-state index is 12.2. The van der Waals surface area contributed by atoms with Crippen LogP contribution in [0.25, 0.3) is 0 Å². The van der Waals surface area contributed by atoms with Crippen LogP contribution in [0.15, 0.2) is 53.4 Å². The van der Waals surface area contributed by atoms with Crippen molar-refractivity contribution in [1.82, 2.24) is 0 Å². The van der Waals surface area contributed by atoms with Crippen LogP contribution in [-0.2, 0) is 9.59 Å². The Morgan fingerprint density at radius 1 is 1.26 bits per heavy atom. The molecule has 2 aromatic carbocycles. The van der Waals surface area contributed by atoms with Crippen molar-refractivity contribution in [3.05, 3.63) is 54.1 Å². The molecule has 1 heterocycles. The van der Waals surface area contributed by atoms with Gasteiger partial charge in [0.25, 0.3) is 0 Å². The van der Waals surface area contributed by atoms with Gasteiger partial charge in [0.15, 0.2) is 0 Å².